The number of unbranched alkanes of at least 4 members (excludes halogenated alkanes) is 3. The maximum absolute atomic E-state index is 12.1. The second kappa shape index (κ2) is 11.1. The van der Waals surface area contributed by atoms with Gasteiger partial charge < -0.3 is 40.3 Å². The van der Waals surface area contributed by atoms with Crippen molar-refractivity contribution in [1.82, 2.24) is 0 Å². The highest BCUT2D eigenvalue weighted by molar-refractivity contribution is 9.10. The first-order valence-electron chi connectivity index (χ1n) is 15.0. The van der Waals surface area contributed by atoms with Gasteiger partial charge in [-0.2, -0.15) is 0 Å². The van der Waals surface area contributed by atoms with E-state index in [4.69, 9.17) is 15.3 Å². The molecule has 41 heavy (non-hydrogen) atoms. The van der Waals surface area contributed by atoms with E-state index >= 15 is 0 Å². The molecular formula is C30H43BrN2O8. The lowest BCUT2D eigenvalue weighted by Gasteiger charge is -2.68. The van der Waals surface area contributed by atoms with Crippen molar-refractivity contribution in [2.45, 2.75) is 107 Å². The maximum atomic E-state index is 12.1. The van der Waals surface area contributed by atoms with E-state index in [1.165, 1.54) is 43.4 Å². The molecule has 1 aromatic carbocycles. The third-order valence-electron chi connectivity index (χ3n) is 11.4. The fourth-order valence-electron chi connectivity index (χ4n) is 9.93. The fourth-order valence-corrected chi connectivity index (χ4v) is 10.3. The number of nitrogens with zero attached hydrogens (tertiary/aromatic N) is 2. The number of anilines is 1. The normalized spacial score (nSPS) is 40.4. The van der Waals surface area contributed by atoms with Gasteiger partial charge in [-0.25, -0.2) is 4.79 Å². The molecule has 5 aliphatic heterocycles. The van der Waals surface area contributed by atoms with Crippen molar-refractivity contribution in [3.05, 3.63) is 28.2 Å². The summed E-state index contributed by atoms with van der Waals surface area (Å²) in [4.78, 5) is 21.9. The number of benzene rings is 1. The number of hydrogen-bond acceptors (Lipinski definition) is 8. The Morgan fingerprint density at radius 2 is 1.85 bits per heavy atom. The number of carboxylic acid groups (broad SMARTS) is 2. The smallest absolute Gasteiger partial charge is 0.335 e. The zero-order chi connectivity index (χ0) is 30.0. The van der Waals surface area contributed by atoms with Crippen LogP contribution in [-0.4, -0.2) is 98.2 Å². The highest BCUT2D eigenvalue weighted by atomic mass is 79.9. The number of quaternary nitrogens is 1. The van der Waals surface area contributed by atoms with Crippen LogP contribution in [0.15, 0.2) is 22.7 Å². The van der Waals surface area contributed by atoms with E-state index in [0.717, 1.165) is 28.3 Å². The molecule has 10 nitrogen and oxygen atoms in total. The first kappa shape index (κ1) is 30.7. The first-order valence-corrected chi connectivity index (χ1v) is 15.7. The third kappa shape index (κ3) is 4.21. The van der Waals surface area contributed by atoms with Gasteiger partial charge in [-0.05, 0) is 48.9 Å². The van der Waals surface area contributed by atoms with Crippen molar-refractivity contribution < 1.29 is 44.7 Å². The van der Waals surface area contributed by atoms with Gasteiger partial charge in [-0.3, -0.25) is 4.48 Å². The van der Waals surface area contributed by atoms with E-state index in [1.807, 2.05) is 0 Å². The number of halogens is 1. The van der Waals surface area contributed by atoms with Crippen LogP contribution < -0.4 is 10.0 Å². The Balaban J connectivity index is 0.000000292. The van der Waals surface area contributed by atoms with Crippen LogP contribution in [0.2, 0.25) is 0 Å². The molecule has 7 rings (SSSR count). The molecule has 0 aromatic heterocycles. The number of fused-ring (bicyclic) bond motifs is 2. The molecule has 0 radical (unpaired) electrons. The summed E-state index contributed by atoms with van der Waals surface area (Å²) in [5, 5.41) is 58.2. The van der Waals surface area contributed by atoms with Crippen LogP contribution in [-0.2, 0) is 15.0 Å². The van der Waals surface area contributed by atoms with Crippen LogP contribution in [0.4, 0.5) is 5.69 Å². The zero-order valence-corrected chi connectivity index (χ0v) is 25.5. The van der Waals surface area contributed by atoms with Crippen LogP contribution in [0.5, 0.6) is 0 Å². The lowest BCUT2D eigenvalue weighted by Crippen LogP contribution is -2.83. The Labute approximate surface area is 249 Å². The molecule has 0 amide bonds. The number of piperidine rings is 4. The van der Waals surface area contributed by atoms with Gasteiger partial charge in [0, 0.05) is 41.9 Å². The van der Waals surface area contributed by atoms with E-state index in [2.05, 4.69) is 59.9 Å². The summed E-state index contributed by atoms with van der Waals surface area (Å²) in [6.07, 6.45) is 2.95. The summed E-state index contributed by atoms with van der Waals surface area (Å²) in [6.45, 7) is 5.61. The van der Waals surface area contributed by atoms with Crippen molar-refractivity contribution in [1.29, 1.82) is 0 Å². The van der Waals surface area contributed by atoms with Crippen molar-refractivity contribution in [3.63, 3.8) is 0 Å². The summed E-state index contributed by atoms with van der Waals surface area (Å²) >= 11 is 3.72. The van der Waals surface area contributed by atoms with Gasteiger partial charge in [0.15, 0.2) is 12.3 Å². The SMILES string of the molecule is CCCCCC[N+]12[C@H](O)[C@@H](CC)C3C[C@H]1[C@@H]1N(C)c4ccc(Br)cc4C14C[C@H]2C3[C@H]4O.O=C([O-])[C@H](O)[C@@H](O)C(=O)O. The molecule has 6 aliphatic rings. The molecule has 12 atom stereocenters. The second-order valence-electron chi connectivity index (χ2n) is 12.8. The molecular weight excluding hydrogens is 596 g/mol. The highest BCUT2D eigenvalue weighted by Crippen LogP contribution is 2.71. The fraction of sp³-hybridized carbons (Fsp3) is 0.733. The minimum Gasteiger partial charge on any atom is -0.547 e. The quantitative estimate of drug-likeness (QED) is 0.196. The standard InChI is InChI=1S/C26H38BrN2O2.C4H6O6/c1-4-6-7-8-11-29-20-13-17(16(5-2)25(29)31)22-21(29)14-26(24(22)30)18-12-15(27)9-10-19(18)28(3)23(20)26;5-1(3(7)8)2(6)4(9)10/h9-10,12,16-17,20-25,30-31H,4-8,11,13-14H2,1-3H3;1-2,5-6H,(H,7,8)(H,9,10)/q+1;/p-1/t16-,17?,20-,21-,22?,23-,24+,25+,26?,29?;1-,2-/m01/s1. The molecule has 5 fully saturated rings. The molecule has 1 aromatic rings. The Hall–Kier alpha value is -1.76. The Kier molecular flexibility index (Phi) is 8.28. The molecule has 5 bridgehead atoms. The molecule has 228 valence electrons. The Bertz CT molecular complexity index is 1170. The number of aliphatic carboxylic acids is 2. The number of carboxylic acids is 2. The number of likely N-dealkylation sites (N-methyl/N-ethyl adjacent to an activating group) is 1. The van der Waals surface area contributed by atoms with E-state index in [0.29, 0.717) is 29.8 Å². The number of aliphatic hydroxyl groups is 4. The minimum atomic E-state index is -2.38. The Morgan fingerprint density at radius 1 is 1.15 bits per heavy atom. The van der Waals surface area contributed by atoms with Gasteiger partial charge in [0.25, 0.3) is 0 Å². The highest BCUT2D eigenvalue weighted by Gasteiger charge is 2.82. The number of hydrogen-bond donors (Lipinski definition) is 5. The van der Waals surface area contributed by atoms with E-state index in [1.54, 1.807) is 0 Å². The number of carbonyl (C=O) groups is 2. The van der Waals surface area contributed by atoms with Crippen LogP contribution in [0.1, 0.15) is 64.4 Å². The zero-order valence-electron chi connectivity index (χ0n) is 23.9. The summed E-state index contributed by atoms with van der Waals surface area (Å²) in [5.41, 5.74) is 2.48. The van der Waals surface area contributed by atoms with Gasteiger partial charge in [-0.15, -0.1) is 0 Å². The van der Waals surface area contributed by atoms with Crippen molar-refractivity contribution in [2.24, 2.45) is 17.8 Å². The largest absolute Gasteiger partial charge is 0.547 e. The third-order valence-corrected chi connectivity index (χ3v) is 11.9. The van der Waals surface area contributed by atoms with E-state index < -0.39 is 24.1 Å². The lowest BCUT2D eigenvalue weighted by molar-refractivity contribution is -1.04. The number of aliphatic hydroxyl groups excluding tert-OH is 4. The van der Waals surface area contributed by atoms with Crippen molar-refractivity contribution in [3.8, 4) is 0 Å². The topological polar surface area (TPSA) is 162 Å². The van der Waals surface area contributed by atoms with Crippen LogP contribution in [0.3, 0.4) is 0 Å². The van der Waals surface area contributed by atoms with Crippen LogP contribution >= 0.6 is 15.9 Å². The van der Waals surface area contributed by atoms with Gasteiger partial charge in [-0.1, -0.05) is 42.6 Å². The second-order valence-corrected chi connectivity index (χ2v) is 13.7. The van der Waals surface area contributed by atoms with Gasteiger partial charge >= 0.3 is 5.97 Å². The monoisotopic (exact) mass is 638 g/mol. The molecule has 1 saturated carbocycles. The minimum absolute atomic E-state index is 0.171. The van der Waals surface area contributed by atoms with Gasteiger partial charge in [0.1, 0.15) is 12.1 Å². The number of rotatable bonds is 9. The first-order chi connectivity index (χ1) is 19.4. The molecule has 4 saturated heterocycles. The van der Waals surface area contributed by atoms with Crippen LogP contribution in [0, 0.1) is 17.8 Å². The summed E-state index contributed by atoms with van der Waals surface area (Å²) in [5.74, 6) is -2.69. The maximum Gasteiger partial charge on any atom is 0.335 e. The van der Waals surface area contributed by atoms with E-state index in [9.17, 15) is 24.9 Å². The van der Waals surface area contributed by atoms with Gasteiger partial charge in [0.05, 0.1) is 36.1 Å². The number of carbonyl (C=O) groups excluding carboxylic acids is 1. The van der Waals surface area contributed by atoms with Crippen molar-refractivity contribution in [2.75, 3.05) is 18.5 Å². The molecule has 1 aliphatic carbocycles. The molecule has 4 unspecified atom stereocenters. The molecule has 11 heteroatoms. The Morgan fingerprint density at radius 3 is 2.44 bits per heavy atom. The average Bonchev–Trinajstić information content (AvgIpc) is 3.32. The summed E-state index contributed by atoms with van der Waals surface area (Å²) in [7, 11) is 2.25. The predicted molar refractivity (Wildman–Crippen MR) is 152 cm³/mol. The van der Waals surface area contributed by atoms with E-state index in [-0.39, 0.29) is 23.8 Å². The van der Waals surface area contributed by atoms with Crippen LogP contribution in [0.25, 0.3) is 0 Å². The summed E-state index contributed by atoms with van der Waals surface area (Å²) in [6, 6.07) is 7.80. The average molecular weight is 640 g/mol. The summed E-state index contributed by atoms with van der Waals surface area (Å²) < 4.78 is 1.99. The molecule has 5 N–H and O–H groups in total. The lowest BCUT2D eigenvalue weighted by atomic mass is 9.60. The predicted octanol–water partition coefficient (Wildman–Crippen LogP) is 0.955. The van der Waals surface area contributed by atoms with Crippen molar-refractivity contribution >= 4 is 33.6 Å². The van der Waals surface area contributed by atoms with Gasteiger partial charge in [0.2, 0.25) is 0 Å². The molecule has 5 heterocycles. The molecule has 1 spiro atoms.